The lowest BCUT2D eigenvalue weighted by Gasteiger charge is -2.05. The van der Waals surface area contributed by atoms with Crippen LogP contribution >= 0.6 is 0 Å². The summed E-state index contributed by atoms with van der Waals surface area (Å²) in [6.07, 6.45) is 18.0. The Balaban J connectivity index is -0.000000121. The summed E-state index contributed by atoms with van der Waals surface area (Å²) in [4.78, 5) is 0. The van der Waals surface area contributed by atoms with Crippen LogP contribution in [0.25, 0.3) is 0 Å². The second kappa shape index (κ2) is 43.8. The first-order valence-electron chi connectivity index (χ1n) is 12.5. The molecule has 36 heavy (non-hydrogen) atoms. The Labute approximate surface area is 242 Å². The van der Waals surface area contributed by atoms with Crippen LogP contribution in [0.3, 0.4) is 0 Å². The van der Waals surface area contributed by atoms with Crippen molar-refractivity contribution in [3.8, 4) is 0 Å². The highest BCUT2D eigenvalue weighted by Gasteiger charge is 2.04. The lowest BCUT2D eigenvalue weighted by Crippen LogP contribution is -2.07. The highest BCUT2D eigenvalue weighted by molar-refractivity contribution is 6.61. The molecule has 0 unspecified atom stereocenters. The summed E-state index contributed by atoms with van der Waals surface area (Å²) >= 11 is 0. The maximum Gasteiger partial charge on any atom is 0.0598 e. The molecule has 200 valence electrons. The SMILES string of the molecule is C=CC[Si](CC=C)CC=C.C=CC[Si](CC=C)CC=C.C=CC[Si](CC=C)CC=C.CCOCC.[Al]. The van der Waals surface area contributed by atoms with E-state index in [4.69, 9.17) is 4.74 Å². The summed E-state index contributed by atoms with van der Waals surface area (Å²) in [6, 6.07) is 10.5. The second-order valence-corrected chi connectivity index (χ2v) is 15.6. The van der Waals surface area contributed by atoms with Gasteiger partial charge in [-0.3, -0.25) is 0 Å². The molecule has 0 saturated carbocycles. The monoisotopic (exact) mass is 554 g/mol. The van der Waals surface area contributed by atoms with E-state index in [1.165, 1.54) is 54.4 Å². The van der Waals surface area contributed by atoms with E-state index < -0.39 is 0 Å². The molecular weight excluding hydrogens is 500 g/mol. The molecule has 0 aliphatic carbocycles. The Morgan fingerprint density at radius 2 is 0.528 bits per heavy atom. The van der Waals surface area contributed by atoms with Gasteiger partial charge in [0.15, 0.2) is 0 Å². The fourth-order valence-electron chi connectivity index (χ4n) is 2.79. The van der Waals surface area contributed by atoms with Crippen molar-refractivity contribution in [2.24, 2.45) is 0 Å². The van der Waals surface area contributed by atoms with Crippen LogP contribution in [0.1, 0.15) is 13.8 Å². The van der Waals surface area contributed by atoms with Crippen LogP contribution in [-0.2, 0) is 4.74 Å². The molecule has 0 spiro atoms. The molecule has 0 aromatic carbocycles. The van der Waals surface area contributed by atoms with E-state index in [0.717, 1.165) is 13.2 Å². The normalized spacial score (nSPS) is 8.92. The van der Waals surface area contributed by atoms with Crippen molar-refractivity contribution in [3.63, 3.8) is 0 Å². The molecule has 6 radical (unpaired) electrons. The fraction of sp³-hybridized carbons (Fsp3) is 0.419. The molecule has 0 heterocycles. The Morgan fingerprint density at radius 3 is 0.583 bits per heavy atom. The lowest BCUT2D eigenvalue weighted by molar-refractivity contribution is 0.162. The van der Waals surface area contributed by atoms with Crippen LogP contribution in [0.15, 0.2) is 114 Å². The molecule has 0 saturated heterocycles. The van der Waals surface area contributed by atoms with Crippen LogP contribution in [0, 0.1) is 0 Å². The predicted molar refractivity (Wildman–Crippen MR) is 180 cm³/mol. The van der Waals surface area contributed by atoms with Crippen molar-refractivity contribution >= 4 is 43.8 Å². The minimum Gasteiger partial charge on any atom is -0.382 e. The van der Waals surface area contributed by atoms with Crippen molar-refractivity contribution in [2.75, 3.05) is 13.2 Å². The van der Waals surface area contributed by atoms with E-state index in [1.54, 1.807) is 0 Å². The summed E-state index contributed by atoms with van der Waals surface area (Å²) in [6.45, 7) is 39.2. The highest BCUT2D eigenvalue weighted by atomic mass is 28.3. The molecule has 0 aromatic heterocycles. The van der Waals surface area contributed by atoms with Crippen LogP contribution < -0.4 is 0 Å². The Kier molecular flexibility index (Phi) is 54.5. The van der Waals surface area contributed by atoms with Gasteiger partial charge in [-0.2, -0.15) is 0 Å². The van der Waals surface area contributed by atoms with Gasteiger partial charge in [-0.15, -0.1) is 59.2 Å². The zero-order valence-electron chi connectivity index (χ0n) is 23.8. The third-order valence-corrected chi connectivity index (χ3v) is 12.1. The lowest BCUT2D eigenvalue weighted by atomic mass is 10.7. The van der Waals surface area contributed by atoms with Crippen LogP contribution in [0.2, 0.25) is 54.4 Å². The van der Waals surface area contributed by atoms with Crippen LogP contribution in [-0.4, -0.2) is 57.0 Å². The largest absolute Gasteiger partial charge is 0.382 e. The zero-order valence-corrected chi connectivity index (χ0v) is 28.0. The molecule has 0 atom stereocenters. The van der Waals surface area contributed by atoms with Gasteiger partial charge in [0, 0.05) is 30.6 Å². The third-order valence-electron chi connectivity index (χ3n) is 4.31. The standard InChI is InChI=1S/3C9H15Si.C4H10O.Al/c3*1-4-7-10(8-5-2)9-6-3;1-3-5-4-2;/h3*4-6H,1-3,7-9H2;3-4H2,1-2H3;. The molecule has 0 aromatic rings. The van der Waals surface area contributed by atoms with Gasteiger partial charge in [-0.25, -0.2) is 0 Å². The number of hydrogen-bond acceptors (Lipinski definition) is 1. The Hall–Kier alpha value is -1.20. The number of hydrogen-bond donors (Lipinski definition) is 0. The van der Waals surface area contributed by atoms with Crippen molar-refractivity contribution in [1.29, 1.82) is 0 Å². The highest BCUT2D eigenvalue weighted by Crippen LogP contribution is 2.08. The van der Waals surface area contributed by atoms with Gasteiger partial charge in [0.05, 0.1) is 26.4 Å². The molecular formula is C31H55AlOSi3. The van der Waals surface area contributed by atoms with E-state index in [1.807, 2.05) is 68.5 Å². The minimum atomic E-state index is -0.252. The van der Waals surface area contributed by atoms with Crippen LogP contribution in [0.4, 0.5) is 0 Å². The average Bonchev–Trinajstić information content (AvgIpc) is 2.83. The van der Waals surface area contributed by atoms with Crippen molar-refractivity contribution in [2.45, 2.75) is 68.2 Å². The van der Waals surface area contributed by atoms with Crippen molar-refractivity contribution in [3.05, 3.63) is 114 Å². The summed E-state index contributed by atoms with van der Waals surface area (Å²) in [5.41, 5.74) is 0. The van der Waals surface area contributed by atoms with E-state index in [0.29, 0.717) is 0 Å². The molecule has 0 aliphatic heterocycles. The summed E-state index contributed by atoms with van der Waals surface area (Å²) in [7, 11) is -0.755. The summed E-state index contributed by atoms with van der Waals surface area (Å²) < 4.78 is 4.83. The zero-order chi connectivity index (χ0) is 27.6. The van der Waals surface area contributed by atoms with Gasteiger partial charge in [0.2, 0.25) is 0 Å². The van der Waals surface area contributed by atoms with Gasteiger partial charge >= 0.3 is 0 Å². The van der Waals surface area contributed by atoms with Gasteiger partial charge in [0.25, 0.3) is 0 Å². The van der Waals surface area contributed by atoms with Crippen molar-refractivity contribution < 1.29 is 4.74 Å². The number of ether oxygens (including phenoxy) is 1. The van der Waals surface area contributed by atoms with E-state index in [2.05, 4.69) is 59.2 Å². The Morgan fingerprint density at radius 1 is 0.389 bits per heavy atom. The van der Waals surface area contributed by atoms with Crippen molar-refractivity contribution in [1.82, 2.24) is 0 Å². The van der Waals surface area contributed by atoms with E-state index in [9.17, 15) is 0 Å². The average molecular weight is 555 g/mol. The van der Waals surface area contributed by atoms with Gasteiger partial charge in [-0.1, -0.05) is 54.7 Å². The quantitative estimate of drug-likeness (QED) is 0.107. The molecule has 0 aliphatic rings. The fourth-order valence-corrected chi connectivity index (χ4v) is 7.97. The minimum absolute atomic E-state index is 0. The second-order valence-electron chi connectivity index (χ2n) is 7.47. The first kappa shape index (κ1) is 44.8. The molecule has 1 nitrogen and oxygen atoms in total. The van der Waals surface area contributed by atoms with E-state index >= 15 is 0 Å². The predicted octanol–water partition coefficient (Wildman–Crippen LogP) is 9.78. The smallest absolute Gasteiger partial charge is 0.0598 e. The molecule has 0 rings (SSSR count). The van der Waals surface area contributed by atoms with Gasteiger partial charge in [-0.05, 0) is 68.2 Å². The molecule has 0 amide bonds. The number of rotatable bonds is 20. The van der Waals surface area contributed by atoms with Gasteiger partial charge < -0.3 is 4.74 Å². The van der Waals surface area contributed by atoms with Crippen LogP contribution in [0.5, 0.6) is 0 Å². The first-order chi connectivity index (χ1) is 17.0. The number of allylic oxidation sites excluding steroid dienone is 9. The van der Waals surface area contributed by atoms with Gasteiger partial charge in [0.1, 0.15) is 0 Å². The maximum absolute atomic E-state index is 4.83. The summed E-state index contributed by atoms with van der Waals surface area (Å²) in [5.74, 6) is 0. The maximum atomic E-state index is 4.83. The molecule has 0 fully saturated rings. The first-order valence-corrected chi connectivity index (χ1v) is 18.9. The third kappa shape index (κ3) is 42.9. The Bertz CT molecular complexity index is 401. The molecule has 0 bridgehead atoms. The topological polar surface area (TPSA) is 9.23 Å². The van der Waals surface area contributed by atoms with E-state index in [-0.39, 0.29) is 43.8 Å². The molecule has 0 N–H and O–H groups in total. The summed E-state index contributed by atoms with van der Waals surface area (Å²) in [5, 5.41) is 0. The molecule has 5 heteroatoms.